The second-order valence-corrected chi connectivity index (χ2v) is 7.60. The summed E-state index contributed by atoms with van der Waals surface area (Å²) in [7, 11) is -1.27. The van der Waals surface area contributed by atoms with Gasteiger partial charge in [0.25, 0.3) is 0 Å². The molecular weight excluding hydrogens is 282 g/mol. The first-order valence-corrected chi connectivity index (χ1v) is 8.79. The minimum Gasteiger partial charge on any atom is -0.383 e. The summed E-state index contributed by atoms with van der Waals surface area (Å²) in [4.78, 5) is 16.1. The van der Waals surface area contributed by atoms with Crippen molar-refractivity contribution in [3.63, 3.8) is 0 Å². The van der Waals surface area contributed by atoms with Crippen LogP contribution in [0.1, 0.15) is 6.42 Å². The zero-order valence-corrected chi connectivity index (χ0v) is 12.7. The van der Waals surface area contributed by atoms with Crippen molar-refractivity contribution in [1.29, 1.82) is 0 Å². The van der Waals surface area contributed by atoms with E-state index in [1.54, 1.807) is 12.0 Å². The van der Waals surface area contributed by atoms with Crippen molar-refractivity contribution in [2.45, 2.75) is 12.5 Å². The van der Waals surface area contributed by atoms with Gasteiger partial charge in [0.1, 0.15) is 0 Å². The maximum absolute atomic E-state index is 12.1. The summed E-state index contributed by atoms with van der Waals surface area (Å²) in [6.45, 7) is 4.60. The number of methoxy groups -OCH3 is 1. The van der Waals surface area contributed by atoms with Crippen LogP contribution in [0.4, 0.5) is 4.79 Å². The number of rotatable bonds is 4. The average Bonchev–Trinajstić information content (AvgIpc) is 2.76. The van der Waals surface area contributed by atoms with Gasteiger partial charge < -0.3 is 15.0 Å². The van der Waals surface area contributed by atoms with E-state index in [0.717, 1.165) is 19.6 Å². The van der Waals surface area contributed by atoms with Gasteiger partial charge in [-0.3, -0.25) is 4.90 Å². The topological polar surface area (TPSA) is 79.0 Å². The Balaban J connectivity index is 1.72. The van der Waals surface area contributed by atoms with E-state index in [1.165, 1.54) is 0 Å². The van der Waals surface area contributed by atoms with Crippen molar-refractivity contribution in [2.75, 3.05) is 57.9 Å². The lowest BCUT2D eigenvalue weighted by Crippen LogP contribution is -2.54. The van der Waals surface area contributed by atoms with Crippen molar-refractivity contribution >= 4 is 15.9 Å². The Morgan fingerprint density at radius 3 is 2.55 bits per heavy atom. The zero-order chi connectivity index (χ0) is 14.6. The first-order valence-electron chi connectivity index (χ1n) is 6.97. The van der Waals surface area contributed by atoms with E-state index in [1.807, 2.05) is 0 Å². The van der Waals surface area contributed by atoms with Crippen molar-refractivity contribution in [3.8, 4) is 0 Å². The summed E-state index contributed by atoms with van der Waals surface area (Å²) in [6, 6.07) is -0.363. The minimum atomic E-state index is -2.95. The highest BCUT2D eigenvalue weighted by Gasteiger charge is 2.30. The third kappa shape index (κ3) is 4.32. The molecule has 0 saturated carbocycles. The third-order valence-corrected chi connectivity index (χ3v) is 5.60. The molecule has 0 aromatic carbocycles. The number of piperazine rings is 1. The molecule has 0 aromatic rings. The van der Waals surface area contributed by atoms with Crippen molar-refractivity contribution in [3.05, 3.63) is 0 Å². The van der Waals surface area contributed by atoms with Crippen LogP contribution in [-0.4, -0.2) is 88.2 Å². The van der Waals surface area contributed by atoms with Crippen LogP contribution >= 0.6 is 0 Å². The standard InChI is InChI=1S/C12H23N3O4S/c1-19-8-7-14-3-5-15(6-4-14)12(16)13-11-2-9-20(17,18)10-11/h11H,2-10H2,1H3,(H,13,16). The summed E-state index contributed by atoms with van der Waals surface area (Å²) in [5, 5.41) is 2.83. The lowest BCUT2D eigenvalue weighted by Gasteiger charge is -2.35. The highest BCUT2D eigenvalue weighted by Crippen LogP contribution is 2.12. The van der Waals surface area contributed by atoms with E-state index in [0.29, 0.717) is 26.1 Å². The van der Waals surface area contributed by atoms with Crippen LogP contribution in [0.15, 0.2) is 0 Å². The number of amides is 2. The van der Waals surface area contributed by atoms with Gasteiger partial charge in [0, 0.05) is 45.9 Å². The Morgan fingerprint density at radius 2 is 2.00 bits per heavy atom. The van der Waals surface area contributed by atoms with E-state index in [4.69, 9.17) is 4.74 Å². The fraction of sp³-hybridized carbons (Fsp3) is 0.917. The normalized spacial score (nSPS) is 26.6. The summed E-state index contributed by atoms with van der Waals surface area (Å²) >= 11 is 0. The quantitative estimate of drug-likeness (QED) is 0.732. The van der Waals surface area contributed by atoms with Gasteiger partial charge in [-0.2, -0.15) is 0 Å². The lowest BCUT2D eigenvalue weighted by atomic mass is 10.2. The van der Waals surface area contributed by atoms with Gasteiger partial charge >= 0.3 is 6.03 Å². The molecule has 0 spiro atoms. The molecule has 1 unspecified atom stereocenters. The van der Waals surface area contributed by atoms with E-state index in [2.05, 4.69) is 10.2 Å². The number of nitrogens with zero attached hydrogens (tertiary/aromatic N) is 2. The van der Waals surface area contributed by atoms with E-state index in [9.17, 15) is 13.2 Å². The molecular formula is C12H23N3O4S. The number of hydrogen-bond acceptors (Lipinski definition) is 5. The van der Waals surface area contributed by atoms with Gasteiger partial charge in [-0.15, -0.1) is 0 Å². The molecule has 1 N–H and O–H groups in total. The van der Waals surface area contributed by atoms with Gasteiger partial charge in [0.2, 0.25) is 0 Å². The van der Waals surface area contributed by atoms with Crippen molar-refractivity contribution in [2.24, 2.45) is 0 Å². The first kappa shape index (κ1) is 15.5. The Labute approximate surface area is 120 Å². The SMILES string of the molecule is COCCN1CCN(C(=O)NC2CCS(=O)(=O)C2)CC1. The fourth-order valence-electron chi connectivity index (χ4n) is 2.57. The van der Waals surface area contributed by atoms with Gasteiger partial charge in [-0.1, -0.05) is 0 Å². The predicted octanol–water partition coefficient (Wildman–Crippen LogP) is -0.853. The lowest BCUT2D eigenvalue weighted by molar-refractivity contribution is 0.105. The highest BCUT2D eigenvalue weighted by molar-refractivity contribution is 7.91. The maximum Gasteiger partial charge on any atom is 0.317 e. The van der Waals surface area contributed by atoms with Crippen molar-refractivity contribution < 1.29 is 17.9 Å². The molecule has 1 atom stereocenters. The second-order valence-electron chi connectivity index (χ2n) is 5.37. The number of carbonyl (C=O) groups is 1. The molecule has 2 saturated heterocycles. The van der Waals surface area contributed by atoms with Gasteiger partial charge in [-0.05, 0) is 6.42 Å². The average molecular weight is 305 g/mol. The first-order chi connectivity index (χ1) is 9.50. The third-order valence-electron chi connectivity index (χ3n) is 3.83. The van der Waals surface area contributed by atoms with Crippen LogP contribution in [-0.2, 0) is 14.6 Å². The van der Waals surface area contributed by atoms with Crippen LogP contribution < -0.4 is 5.32 Å². The molecule has 2 aliphatic heterocycles. The number of urea groups is 1. The maximum atomic E-state index is 12.1. The van der Waals surface area contributed by atoms with Gasteiger partial charge in [0.15, 0.2) is 9.84 Å². The number of hydrogen-bond donors (Lipinski definition) is 1. The summed E-state index contributed by atoms with van der Waals surface area (Å²) < 4.78 is 27.8. The zero-order valence-electron chi connectivity index (χ0n) is 11.9. The van der Waals surface area contributed by atoms with Crippen LogP contribution in [0.5, 0.6) is 0 Å². The predicted molar refractivity (Wildman–Crippen MR) is 75.5 cm³/mol. The Morgan fingerprint density at radius 1 is 1.30 bits per heavy atom. The summed E-state index contributed by atoms with van der Waals surface area (Å²) in [5.74, 6) is 0.259. The molecule has 0 bridgehead atoms. The Bertz CT molecular complexity index is 432. The second kappa shape index (κ2) is 6.73. The molecule has 2 aliphatic rings. The number of sulfone groups is 1. The highest BCUT2D eigenvalue weighted by atomic mass is 32.2. The molecule has 2 heterocycles. The summed E-state index contributed by atoms with van der Waals surface area (Å²) in [5.41, 5.74) is 0. The van der Waals surface area contributed by atoms with Gasteiger partial charge in [-0.25, -0.2) is 13.2 Å². The van der Waals surface area contributed by atoms with Crippen LogP contribution in [0.3, 0.4) is 0 Å². The summed E-state index contributed by atoms with van der Waals surface area (Å²) in [6.07, 6.45) is 0.530. The molecule has 20 heavy (non-hydrogen) atoms. The van der Waals surface area contributed by atoms with Gasteiger partial charge in [0.05, 0.1) is 18.1 Å². The molecule has 0 aromatic heterocycles. The van der Waals surface area contributed by atoms with Crippen LogP contribution in [0, 0.1) is 0 Å². The largest absolute Gasteiger partial charge is 0.383 e. The molecule has 116 valence electrons. The monoisotopic (exact) mass is 305 g/mol. The molecule has 8 heteroatoms. The number of nitrogens with one attached hydrogen (secondary N) is 1. The van der Waals surface area contributed by atoms with E-state index >= 15 is 0 Å². The Kier molecular flexibility index (Phi) is 5.22. The molecule has 7 nitrogen and oxygen atoms in total. The number of carbonyl (C=O) groups excluding carboxylic acids is 1. The van der Waals surface area contributed by atoms with E-state index in [-0.39, 0.29) is 23.6 Å². The molecule has 2 fully saturated rings. The smallest absolute Gasteiger partial charge is 0.317 e. The molecule has 0 radical (unpaired) electrons. The Hall–Kier alpha value is -0.860. The van der Waals surface area contributed by atoms with E-state index < -0.39 is 9.84 Å². The minimum absolute atomic E-state index is 0.0759. The fourth-order valence-corrected chi connectivity index (χ4v) is 4.24. The van der Waals surface area contributed by atoms with Crippen LogP contribution in [0.25, 0.3) is 0 Å². The molecule has 0 aliphatic carbocycles. The van der Waals surface area contributed by atoms with Crippen LogP contribution in [0.2, 0.25) is 0 Å². The molecule has 2 rings (SSSR count). The van der Waals surface area contributed by atoms with Crippen molar-refractivity contribution in [1.82, 2.24) is 15.1 Å². The molecule has 2 amide bonds. The number of ether oxygens (including phenoxy) is 1.